The molecule has 6 heteroatoms. The van der Waals surface area contributed by atoms with Gasteiger partial charge < -0.3 is 10.2 Å². The predicted molar refractivity (Wildman–Crippen MR) is 122 cm³/mol. The fourth-order valence-corrected chi connectivity index (χ4v) is 3.91. The zero-order valence-corrected chi connectivity index (χ0v) is 18.1. The number of amides is 3. The first-order valence-corrected chi connectivity index (χ1v) is 10.5. The molecule has 0 saturated heterocycles. The van der Waals surface area contributed by atoms with Crippen molar-refractivity contribution in [2.75, 3.05) is 20.6 Å². The first-order chi connectivity index (χ1) is 15.5. The summed E-state index contributed by atoms with van der Waals surface area (Å²) < 4.78 is 0. The van der Waals surface area contributed by atoms with E-state index in [2.05, 4.69) is 5.32 Å². The van der Waals surface area contributed by atoms with E-state index >= 15 is 0 Å². The Bertz CT molecular complexity index is 1140. The molecule has 32 heavy (non-hydrogen) atoms. The summed E-state index contributed by atoms with van der Waals surface area (Å²) in [5.41, 5.74) is 2.93. The van der Waals surface area contributed by atoms with Crippen LogP contribution in [0.25, 0.3) is 0 Å². The minimum atomic E-state index is -0.376. The maximum absolute atomic E-state index is 12.9. The number of hydrogen-bond acceptors (Lipinski definition) is 4. The molecule has 1 aliphatic heterocycles. The molecule has 1 atom stereocenters. The summed E-state index contributed by atoms with van der Waals surface area (Å²) in [5.74, 6) is -0.992. The molecule has 6 nitrogen and oxygen atoms in total. The third kappa shape index (κ3) is 4.31. The van der Waals surface area contributed by atoms with Crippen LogP contribution in [-0.4, -0.2) is 48.2 Å². The average molecular weight is 428 g/mol. The van der Waals surface area contributed by atoms with Gasteiger partial charge in [-0.1, -0.05) is 60.7 Å². The molecular formula is C26H25N3O3. The Morgan fingerprint density at radius 3 is 2.16 bits per heavy atom. The van der Waals surface area contributed by atoms with Crippen LogP contribution in [0, 0.1) is 0 Å². The highest BCUT2D eigenvalue weighted by Crippen LogP contribution is 2.26. The van der Waals surface area contributed by atoms with Crippen LogP contribution in [-0.2, 0) is 6.54 Å². The molecular weight excluding hydrogens is 402 g/mol. The lowest BCUT2D eigenvalue weighted by Crippen LogP contribution is -2.34. The lowest BCUT2D eigenvalue weighted by Gasteiger charge is -2.25. The molecule has 0 saturated carbocycles. The van der Waals surface area contributed by atoms with Crippen molar-refractivity contribution in [2.24, 2.45) is 0 Å². The summed E-state index contributed by atoms with van der Waals surface area (Å²) in [4.78, 5) is 41.7. The first kappa shape index (κ1) is 21.5. The van der Waals surface area contributed by atoms with Crippen molar-refractivity contribution in [1.29, 1.82) is 0 Å². The van der Waals surface area contributed by atoms with E-state index in [-0.39, 0.29) is 35.9 Å². The SMILES string of the molecule is CN(C)C(CNC(=O)c1ccc2c(c1)C(=O)N(Cc1ccccc1)C2=O)c1ccccc1. The van der Waals surface area contributed by atoms with Gasteiger partial charge >= 0.3 is 0 Å². The van der Waals surface area contributed by atoms with Gasteiger partial charge in [0.2, 0.25) is 0 Å². The number of hydrogen-bond donors (Lipinski definition) is 1. The Kier molecular flexibility index (Phi) is 6.14. The summed E-state index contributed by atoms with van der Waals surface area (Å²) in [6.07, 6.45) is 0. The van der Waals surface area contributed by atoms with Gasteiger partial charge in [0.1, 0.15) is 0 Å². The van der Waals surface area contributed by atoms with E-state index in [0.29, 0.717) is 17.7 Å². The minimum Gasteiger partial charge on any atom is -0.350 e. The number of rotatable bonds is 7. The van der Waals surface area contributed by atoms with Gasteiger partial charge in [-0.05, 0) is 43.4 Å². The lowest BCUT2D eigenvalue weighted by atomic mass is 10.0. The van der Waals surface area contributed by atoms with E-state index in [4.69, 9.17) is 0 Å². The standard InChI is InChI=1S/C26H25N3O3/c1-28(2)23(19-11-7-4-8-12-19)16-27-24(30)20-13-14-21-22(15-20)26(32)29(25(21)31)17-18-9-5-3-6-10-18/h3-15,23H,16-17H2,1-2H3,(H,27,30). The van der Waals surface area contributed by atoms with Crippen molar-refractivity contribution >= 4 is 17.7 Å². The summed E-state index contributed by atoms with van der Waals surface area (Å²) in [6.45, 7) is 0.621. The van der Waals surface area contributed by atoms with E-state index < -0.39 is 0 Å². The molecule has 0 bridgehead atoms. The number of imide groups is 1. The summed E-state index contributed by atoms with van der Waals surface area (Å²) in [5, 5.41) is 2.96. The summed E-state index contributed by atoms with van der Waals surface area (Å²) >= 11 is 0. The Morgan fingerprint density at radius 1 is 0.875 bits per heavy atom. The monoisotopic (exact) mass is 427 g/mol. The number of fused-ring (bicyclic) bond motifs is 1. The van der Waals surface area contributed by atoms with Crippen LogP contribution in [0.2, 0.25) is 0 Å². The molecule has 0 spiro atoms. The molecule has 0 fully saturated rings. The van der Waals surface area contributed by atoms with Gasteiger partial charge in [-0.3, -0.25) is 19.3 Å². The van der Waals surface area contributed by atoms with Gasteiger partial charge in [0.05, 0.1) is 23.7 Å². The van der Waals surface area contributed by atoms with Crippen LogP contribution < -0.4 is 5.32 Å². The van der Waals surface area contributed by atoms with Gasteiger partial charge in [-0.15, -0.1) is 0 Å². The number of likely N-dealkylation sites (N-methyl/N-ethyl adjacent to an activating group) is 1. The zero-order valence-electron chi connectivity index (χ0n) is 18.1. The third-order valence-corrected chi connectivity index (χ3v) is 5.68. The molecule has 0 aromatic heterocycles. The van der Waals surface area contributed by atoms with Crippen LogP contribution in [0.4, 0.5) is 0 Å². The van der Waals surface area contributed by atoms with E-state index in [1.165, 1.54) is 11.0 Å². The second-order valence-corrected chi connectivity index (χ2v) is 8.04. The molecule has 3 aromatic carbocycles. The zero-order chi connectivity index (χ0) is 22.7. The molecule has 162 valence electrons. The minimum absolute atomic E-state index is 0.0131. The highest BCUT2D eigenvalue weighted by atomic mass is 16.2. The van der Waals surface area contributed by atoms with E-state index in [0.717, 1.165) is 11.1 Å². The average Bonchev–Trinajstić information content (AvgIpc) is 3.04. The molecule has 1 N–H and O–H groups in total. The van der Waals surface area contributed by atoms with E-state index in [1.54, 1.807) is 12.1 Å². The molecule has 1 heterocycles. The van der Waals surface area contributed by atoms with Gasteiger partial charge in [-0.2, -0.15) is 0 Å². The Morgan fingerprint density at radius 2 is 1.50 bits per heavy atom. The van der Waals surface area contributed by atoms with Gasteiger partial charge in [0, 0.05) is 12.1 Å². The van der Waals surface area contributed by atoms with Gasteiger partial charge in [-0.25, -0.2) is 0 Å². The highest BCUT2D eigenvalue weighted by molar-refractivity contribution is 6.22. The molecule has 0 radical (unpaired) electrons. The maximum Gasteiger partial charge on any atom is 0.261 e. The van der Waals surface area contributed by atoms with Gasteiger partial charge in [0.15, 0.2) is 0 Å². The number of nitrogens with zero attached hydrogens (tertiary/aromatic N) is 2. The number of carbonyl (C=O) groups is 3. The van der Waals surface area contributed by atoms with Gasteiger partial charge in [0.25, 0.3) is 17.7 Å². The Balaban J connectivity index is 1.48. The molecule has 0 aliphatic carbocycles. The molecule has 4 rings (SSSR count). The highest BCUT2D eigenvalue weighted by Gasteiger charge is 2.36. The van der Waals surface area contributed by atoms with Crippen molar-refractivity contribution in [2.45, 2.75) is 12.6 Å². The van der Waals surface area contributed by atoms with Crippen molar-refractivity contribution in [3.8, 4) is 0 Å². The predicted octanol–water partition coefficient (Wildman–Crippen LogP) is 3.52. The number of nitrogens with one attached hydrogen (secondary N) is 1. The second kappa shape index (κ2) is 9.16. The molecule has 1 aliphatic rings. The maximum atomic E-state index is 12.9. The molecule has 3 amide bonds. The van der Waals surface area contributed by atoms with Crippen molar-refractivity contribution in [3.05, 3.63) is 107 Å². The van der Waals surface area contributed by atoms with Crippen molar-refractivity contribution in [1.82, 2.24) is 15.1 Å². The summed E-state index contributed by atoms with van der Waals surface area (Å²) in [7, 11) is 3.93. The van der Waals surface area contributed by atoms with E-state index in [9.17, 15) is 14.4 Å². The molecule has 3 aromatic rings. The Labute approximate surface area is 187 Å². The Hall–Kier alpha value is -3.77. The van der Waals surface area contributed by atoms with Crippen LogP contribution in [0.5, 0.6) is 0 Å². The fourth-order valence-electron chi connectivity index (χ4n) is 3.91. The normalized spacial score (nSPS) is 13.9. The van der Waals surface area contributed by atoms with Crippen LogP contribution >= 0.6 is 0 Å². The van der Waals surface area contributed by atoms with Crippen LogP contribution in [0.15, 0.2) is 78.9 Å². The first-order valence-electron chi connectivity index (χ1n) is 10.5. The fraction of sp³-hybridized carbons (Fsp3) is 0.192. The van der Waals surface area contributed by atoms with Crippen molar-refractivity contribution in [3.63, 3.8) is 0 Å². The lowest BCUT2D eigenvalue weighted by molar-refractivity contribution is 0.0642. The van der Waals surface area contributed by atoms with Crippen molar-refractivity contribution < 1.29 is 14.4 Å². The topological polar surface area (TPSA) is 69.7 Å². The molecule has 1 unspecified atom stereocenters. The second-order valence-electron chi connectivity index (χ2n) is 8.04. The summed E-state index contributed by atoms with van der Waals surface area (Å²) in [6, 6.07) is 24.0. The quantitative estimate of drug-likeness (QED) is 0.586. The largest absolute Gasteiger partial charge is 0.350 e. The number of carbonyl (C=O) groups excluding carboxylic acids is 3. The number of benzene rings is 3. The third-order valence-electron chi connectivity index (χ3n) is 5.68. The smallest absolute Gasteiger partial charge is 0.261 e. The van der Waals surface area contributed by atoms with Crippen LogP contribution in [0.3, 0.4) is 0 Å². The van der Waals surface area contributed by atoms with E-state index in [1.807, 2.05) is 79.7 Å². The van der Waals surface area contributed by atoms with Crippen LogP contribution in [0.1, 0.15) is 48.2 Å².